The molecule has 0 heterocycles. The van der Waals surface area contributed by atoms with Crippen LogP contribution in [0.5, 0.6) is 0 Å². The summed E-state index contributed by atoms with van der Waals surface area (Å²) < 4.78 is 0. The van der Waals surface area contributed by atoms with Crippen molar-refractivity contribution in [3.8, 4) is 6.07 Å². The van der Waals surface area contributed by atoms with Crippen LogP contribution in [0.2, 0.25) is 0 Å². The molecule has 3 nitrogen and oxygen atoms in total. The van der Waals surface area contributed by atoms with Gasteiger partial charge in [-0.25, -0.2) is 0 Å². The molecule has 0 aliphatic rings. The van der Waals surface area contributed by atoms with Crippen LogP contribution >= 0.6 is 11.6 Å². The molecule has 0 aromatic carbocycles. The molecule has 0 bridgehead atoms. The molecular formula is C6H9ClN2O. The third kappa shape index (κ3) is 2.70. The maximum Gasteiger partial charge on any atom is 0.240 e. The minimum atomic E-state index is -0.543. The largest absolute Gasteiger partial charge is 0.331 e. The Hall–Kier alpha value is -0.750. The number of alkyl halides is 1. The maximum atomic E-state index is 10.9. The van der Waals surface area contributed by atoms with Crippen molar-refractivity contribution in [2.24, 2.45) is 0 Å². The Balaban J connectivity index is 3.85. The van der Waals surface area contributed by atoms with E-state index >= 15 is 0 Å². The van der Waals surface area contributed by atoms with Gasteiger partial charge in [0.1, 0.15) is 11.9 Å². The van der Waals surface area contributed by atoms with E-state index in [1.807, 2.05) is 6.07 Å². The Morgan fingerprint density at radius 3 is 2.70 bits per heavy atom. The van der Waals surface area contributed by atoms with E-state index in [4.69, 9.17) is 16.9 Å². The van der Waals surface area contributed by atoms with Crippen molar-refractivity contribution < 1.29 is 4.79 Å². The Bertz CT molecular complexity index is 162. The third-order valence-electron chi connectivity index (χ3n) is 1.02. The van der Waals surface area contributed by atoms with E-state index in [9.17, 15) is 4.79 Å². The Morgan fingerprint density at radius 2 is 2.40 bits per heavy atom. The lowest BCUT2D eigenvalue weighted by molar-refractivity contribution is -0.128. The lowest BCUT2D eigenvalue weighted by Gasteiger charge is -2.13. The first-order valence-electron chi connectivity index (χ1n) is 2.85. The van der Waals surface area contributed by atoms with Crippen LogP contribution in [-0.4, -0.2) is 29.8 Å². The number of hydrogen-bond donors (Lipinski definition) is 0. The van der Waals surface area contributed by atoms with Crippen LogP contribution in [0.4, 0.5) is 0 Å². The van der Waals surface area contributed by atoms with Gasteiger partial charge in [0.2, 0.25) is 5.91 Å². The van der Waals surface area contributed by atoms with Gasteiger partial charge in [-0.2, -0.15) is 5.26 Å². The van der Waals surface area contributed by atoms with E-state index < -0.39 is 5.38 Å². The second-order valence-electron chi connectivity index (χ2n) is 1.97. The van der Waals surface area contributed by atoms with Gasteiger partial charge in [-0.05, 0) is 6.92 Å². The van der Waals surface area contributed by atoms with Gasteiger partial charge in [0.15, 0.2) is 0 Å². The van der Waals surface area contributed by atoms with E-state index in [-0.39, 0.29) is 12.5 Å². The number of amides is 1. The van der Waals surface area contributed by atoms with Gasteiger partial charge in [0.05, 0.1) is 6.07 Å². The molecule has 0 aliphatic carbocycles. The summed E-state index contributed by atoms with van der Waals surface area (Å²) in [5.74, 6) is -0.219. The highest BCUT2D eigenvalue weighted by molar-refractivity contribution is 6.30. The summed E-state index contributed by atoms with van der Waals surface area (Å²) >= 11 is 5.46. The highest BCUT2D eigenvalue weighted by atomic mass is 35.5. The molecule has 0 saturated carbocycles. The maximum absolute atomic E-state index is 10.9. The highest BCUT2D eigenvalue weighted by Gasteiger charge is 2.13. The monoisotopic (exact) mass is 160 g/mol. The predicted octanol–water partition coefficient (Wildman–Crippen LogP) is 0.596. The highest BCUT2D eigenvalue weighted by Crippen LogP contribution is 1.97. The normalized spacial score (nSPS) is 11.8. The fraction of sp³-hybridized carbons (Fsp3) is 0.667. The number of nitrogens with zero attached hydrogens (tertiary/aromatic N) is 2. The van der Waals surface area contributed by atoms with Crippen molar-refractivity contribution in [3.05, 3.63) is 0 Å². The van der Waals surface area contributed by atoms with Crippen LogP contribution in [0.3, 0.4) is 0 Å². The van der Waals surface area contributed by atoms with E-state index in [0.717, 1.165) is 0 Å². The van der Waals surface area contributed by atoms with Crippen LogP contribution in [0.15, 0.2) is 0 Å². The molecule has 1 unspecified atom stereocenters. The zero-order chi connectivity index (χ0) is 8.15. The number of halogens is 1. The molecule has 0 aliphatic heterocycles. The molecule has 4 heteroatoms. The summed E-state index contributed by atoms with van der Waals surface area (Å²) in [6, 6.07) is 1.85. The predicted molar refractivity (Wildman–Crippen MR) is 38.6 cm³/mol. The van der Waals surface area contributed by atoms with Crippen LogP contribution in [0.25, 0.3) is 0 Å². The molecule has 1 amide bonds. The summed E-state index contributed by atoms with van der Waals surface area (Å²) in [6.07, 6.45) is 0. The quantitative estimate of drug-likeness (QED) is 0.439. The standard InChI is InChI=1S/C6H9ClN2O/c1-5(7)6(10)9(2)4-3-8/h5H,4H2,1-2H3. The third-order valence-corrected chi connectivity index (χ3v) is 1.21. The van der Waals surface area contributed by atoms with Crippen molar-refractivity contribution in [2.75, 3.05) is 13.6 Å². The van der Waals surface area contributed by atoms with Gasteiger partial charge in [0, 0.05) is 7.05 Å². The van der Waals surface area contributed by atoms with Crippen LogP contribution in [0, 0.1) is 11.3 Å². The first kappa shape index (κ1) is 9.25. The zero-order valence-electron chi connectivity index (χ0n) is 5.97. The van der Waals surface area contributed by atoms with Crippen LogP contribution in [-0.2, 0) is 4.79 Å². The minimum absolute atomic E-state index is 0.0931. The fourth-order valence-electron chi connectivity index (χ4n) is 0.488. The van der Waals surface area contributed by atoms with Crippen molar-refractivity contribution in [3.63, 3.8) is 0 Å². The molecular weight excluding hydrogens is 152 g/mol. The average Bonchev–Trinajstić information content (AvgIpc) is 1.87. The molecule has 10 heavy (non-hydrogen) atoms. The van der Waals surface area contributed by atoms with Gasteiger partial charge in [0.25, 0.3) is 0 Å². The smallest absolute Gasteiger partial charge is 0.240 e. The van der Waals surface area contributed by atoms with Gasteiger partial charge in [-0.15, -0.1) is 11.6 Å². The Labute approximate surface area is 65.2 Å². The average molecular weight is 161 g/mol. The second-order valence-corrected chi connectivity index (χ2v) is 2.62. The van der Waals surface area contributed by atoms with Crippen molar-refractivity contribution >= 4 is 17.5 Å². The Kier molecular flexibility index (Phi) is 3.82. The van der Waals surface area contributed by atoms with E-state index in [1.165, 1.54) is 4.90 Å². The number of carbonyl (C=O) groups is 1. The summed E-state index contributed by atoms with van der Waals surface area (Å²) in [4.78, 5) is 12.2. The molecule has 0 N–H and O–H groups in total. The van der Waals surface area contributed by atoms with E-state index in [1.54, 1.807) is 14.0 Å². The van der Waals surface area contributed by atoms with Crippen molar-refractivity contribution in [1.29, 1.82) is 5.26 Å². The number of carbonyl (C=O) groups excluding carboxylic acids is 1. The minimum Gasteiger partial charge on any atom is -0.331 e. The molecule has 0 aromatic rings. The number of rotatable bonds is 2. The first-order chi connectivity index (χ1) is 4.59. The SMILES string of the molecule is CC(Cl)C(=O)N(C)CC#N. The van der Waals surface area contributed by atoms with Crippen LogP contribution < -0.4 is 0 Å². The summed E-state index contributed by atoms with van der Waals surface area (Å²) in [5.41, 5.74) is 0. The van der Waals surface area contributed by atoms with E-state index in [2.05, 4.69) is 0 Å². The number of hydrogen-bond acceptors (Lipinski definition) is 2. The summed E-state index contributed by atoms with van der Waals surface area (Å²) in [7, 11) is 1.55. The lowest BCUT2D eigenvalue weighted by atomic mass is 10.4. The molecule has 56 valence electrons. The zero-order valence-corrected chi connectivity index (χ0v) is 6.72. The molecule has 1 atom stereocenters. The van der Waals surface area contributed by atoms with Gasteiger partial charge >= 0.3 is 0 Å². The molecule has 0 aromatic heterocycles. The fourth-order valence-corrected chi connectivity index (χ4v) is 0.654. The van der Waals surface area contributed by atoms with Gasteiger partial charge < -0.3 is 4.90 Å². The van der Waals surface area contributed by atoms with E-state index in [0.29, 0.717) is 0 Å². The molecule has 0 saturated heterocycles. The second kappa shape index (κ2) is 4.13. The molecule has 0 rings (SSSR count). The number of nitriles is 1. The summed E-state index contributed by atoms with van der Waals surface area (Å²) in [6.45, 7) is 1.67. The lowest BCUT2D eigenvalue weighted by Crippen LogP contribution is -2.32. The van der Waals surface area contributed by atoms with Crippen molar-refractivity contribution in [2.45, 2.75) is 12.3 Å². The molecule has 0 spiro atoms. The van der Waals surface area contributed by atoms with Crippen molar-refractivity contribution in [1.82, 2.24) is 4.90 Å². The van der Waals surface area contributed by atoms with Gasteiger partial charge in [-0.1, -0.05) is 0 Å². The topological polar surface area (TPSA) is 44.1 Å². The van der Waals surface area contributed by atoms with Gasteiger partial charge in [-0.3, -0.25) is 4.79 Å². The van der Waals surface area contributed by atoms with Crippen LogP contribution in [0.1, 0.15) is 6.92 Å². The first-order valence-corrected chi connectivity index (χ1v) is 3.29. The molecule has 0 fully saturated rings. The Morgan fingerprint density at radius 1 is 1.90 bits per heavy atom. The summed E-state index contributed by atoms with van der Waals surface area (Å²) in [5, 5.41) is 7.64. The molecule has 0 radical (unpaired) electrons.